The highest BCUT2D eigenvalue weighted by atomic mass is 16.4. The number of nitrogens with zero attached hydrogens (tertiary/aromatic N) is 3. The van der Waals surface area contributed by atoms with Crippen LogP contribution in [0.2, 0.25) is 0 Å². The van der Waals surface area contributed by atoms with E-state index in [0.717, 1.165) is 44.8 Å². The molecular formula is C12H21N3O2. The fourth-order valence-electron chi connectivity index (χ4n) is 2.35. The van der Waals surface area contributed by atoms with Crippen LogP contribution in [0.3, 0.4) is 0 Å². The van der Waals surface area contributed by atoms with Crippen LogP contribution in [0, 0.1) is 12.8 Å². The molecule has 0 spiro atoms. The standard InChI is InChI=1S/C12H21N3O2/c1-9(16)11-5-7-15(8-11)6-3-4-12-14-13-10(2)17-12/h9,11,16H,3-8H2,1-2H3. The fourth-order valence-corrected chi connectivity index (χ4v) is 2.35. The summed E-state index contributed by atoms with van der Waals surface area (Å²) in [6.07, 6.45) is 2.81. The van der Waals surface area contributed by atoms with E-state index < -0.39 is 0 Å². The summed E-state index contributed by atoms with van der Waals surface area (Å²) in [6, 6.07) is 0. The largest absolute Gasteiger partial charge is 0.426 e. The first-order valence-electron chi connectivity index (χ1n) is 6.34. The van der Waals surface area contributed by atoms with Gasteiger partial charge in [0.05, 0.1) is 6.10 Å². The molecule has 2 unspecified atom stereocenters. The molecule has 2 heterocycles. The summed E-state index contributed by atoms with van der Waals surface area (Å²) in [7, 11) is 0. The van der Waals surface area contributed by atoms with Crippen LogP contribution in [-0.2, 0) is 6.42 Å². The van der Waals surface area contributed by atoms with E-state index in [1.807, 2.05) is 13.8 Å². The molecule has 0 amide bonds. The molecule has 1 aliphatic heterocycles. The lowest BCUT2D eigenvalue weighted by atomic mass is 10.0. The number of aliphatic hydroxyl groups excluding tert-OH is 1. The summed E-state index contributed by atoms with van der Waals surface area (Å²) in [4.78, 5) is 2.40. The third-order valence-corrected chi connectivity index (χ3v) is 3.42. The first-order valence-corrected chi connectivity index (χ1v) is 6.34. The highest BCUT2D eigenvalue weighted by Gasteiger charge is 2.25. The number of aromatic nitrogens is 2. The summed E-state index contributed by atoms with van der Waals surface area (Å²) < 4.78 is 5.33. The zero-order valence-electron chi connectivity index (χ0n) is 10.6. The van der Waals surface area contributed by atoms with Crippen molar-refractivity contribution in [3.63, 3.8) is 0 Å². The summed E-state index contributed by atoms with van der Waals surface area (Å²) >= 11 is 0. The number of aryl methyl sites for hydroxylation is 2. The van der Waals surface area contributed by atoms with Gasteiger partial charge in [-0.1, -0.05) is 0 Å². The third-order valence-electron chi connectivity index (χ3n) is 3.42. The smallest absolute Gasteiger partial charge is 0.216 e. The van der Waals surface area contributed by atoms with Crippen LogP contribution in [0.5, 0.6) is 0 Å². The summed E-state index contributed by atoms with van der Waals surface area (Å²) in [6.45, 7) is 6.85. The Hall–Kier alpha value is -0.940. The average Bonchev–Trinajstić information content (AvgIpc) is 2.88. The number of aliphatic hydroxyl groups is 1. The average molecular weight is 239 g/mol. The van der Waals surface area contributed by atoms with E-state index in [2.05, 4.69) is 15.1 Å². The fraction of sp³-hybridized carbons (Fsp3) is 0.833. The Kier molecular flexibility index (Phi) is 4.12. The topological polar surface area (TPSA) is 62.4 Å². The van der Waals surface area contributed by atoms with Gasteiger partial charge in [-0.2, -0.15) is 0 Å². The molecule has 0 radical (unpaired) electrons. The van der Waals surface area contributed by atoms with Gasteiger partial charge in [0, 0.05) is 19.9 Å². The summed E-state index contributed by atoms with van der Waals surface area (Å²) in [5.41, 5.74) is 0. The SMILES string of the molecule is Cc1nnc(CCCN2CCC(C(C)O)C2)o1. The van der Waals surface area contributed by atoms with Gasteiger partial charge >= 0.3 is 0 Å². The van der Waals surface area contributed by atoms with Crippen LogP contribution < -0.4 is 0 Å². The Morgan fingerprint density at radius 1 is 1.53 bits per heavy atom. The van der Waals surface area contributed by atoms with Crippen molar-refractivity contribution in [2.24, 2.45) is 5.92 Å². The lowest BCUT2D eigenvalue weighted by Gasteiger charge is -2.16. The van der Waals surface area contributed by atoms with Crippen molar-refractivity contribution in [1.82, 2.24) is 15.1 Å². The molecule has 17 heavy (non-hydrogen) atoms. The van der Waals surface area contributed by atoms with Gasteiger partial charge in [0.15, 0.2) is 0 Å². The zero-order chi connectivity index (χ0) is 12.3. The van der Waals surface area contributed by atoms with E-state index in [1.165, 1.54) is 0 Å². The van der Waals surface area contributed by atoms with E-state index in [4.69, 9.17) is 4.42 Å². The molecule has 1 aliphatic rings. The van der Waals surface area contributed by atoms with Gasteiger partial charge in [0.2, 0.25) is 11.8 Å². The molecule has 0 bridgehead atoms. The summed E-state index contributed by atoms with van der Waals surface area (Å²) in [5, 5.41) is 17.3. The van der Waals surface area contributed by atoms with Gasteiger partial charge in [0.25, 0.3) is 0 Å². The Balaban J connectivity index is 1.66. The molecule has 96 valence electrons. The van der Waals surface area contributed by atoms with E-state index in [-0.39, 0.29) is 6.10 Å². The quantitative estimate of drug-likeness (QED) is 0.831. The molecule has 1 aromatic heterocycles. The van der Waals surface area contributed by atoms with Crippen LogP contribution in [0.15, 0.2) is 4.42 Å². The maximum absolute atomic E-state index is 9.52. The highest BCUT2D eigenvalue weighted by Crippen LogP contribution is 2.19. The van der Waals surface area contributed by atoms with E-state index in [1.54, 1.807) is 0 Å². The van der Waals surface area contributed by atoms with Gasteiger partial charge in [-0.25, -0.2) is 0 Å². The van der Waals surface area contributed by atoms with Gasteiger partial charge in [0.1, 0.15) is 0 Å². The molecule has 0 aliphatic carbocycles. The van der Waals surface area contributed by atoms with Crippen molar-refractivity contribution in [2.75, 3.05) is 19.6 Å². The van der Waals surface area contributed by atoms with E-state index >= 15 is 0 Å². The lowest BCUT2D eigenvalue weighted by molar-refractivity contribution is 0.127. The molecule has 1 fully saturated rings. The number of likely N-dealkylation sites (tertiary alicyclic amines) is 1. The molecule has 2 atom stereocenters. The number of hydrogen-bond acceptors (Lipinski definition) is 5. The summed E-state index contributed by atoms with van der Waals surface area (Å²) in [5.74, 6) is 1.81. The highest BCUT2D eigenvalue weighted by molar-refractivity contribution is 4.82. The Morgan fingerprint density at radius 3 is 2.94 bits per heavy atom. The molecular weight excluding hydrogens is 218 g/mol. The third kappa shape index (κ3) is 3.51. The predicted molar refractivity (Wildman–Crippen MR) is 63.6 cm³/mol. The first kappa shape index (κ1) is 12.5. The van der Waals surface area contributed by atoms with Crippen molar-refractivity contribution in [3.05, 3.63) is 11.8 Å². The van der Waals surface area contributed by atoms with Crippen molar-refractivity contribution in [2.45, 2.75) is 39.2 Å². The van der Waals surface area contributed by atoms with Crippen molar-refractivity contribution in [3.8, 4) is 0 Å². The van der Waals surface area contributed by atoms with E-state index in [0.29, 0.717) is 11.8 Å². The van der Waals surface area contributed by atoms with Gasteiger partial charge in [-0.15, -0.1) is 10.2 Å². The van der Waals surface area contributed by atoms with Crippen molar-refractivity contribution >= 4 is 0 Å². The Labute approximate surface area is 102 Å². The molecule has 2 rings (SSSR count). The lowest BCUT2D eigenvalue weighted by Crippen LogP contribution is -2.25. The molecule has 0 aromatic carbocycles. The minimum Gasteiger partial charge on any atom is -0.426 e. The van der Waals surface area contributed by atoms with Crippen LogP contribution >= 0.6 is 0 Å². The molecule has 5 heteroatoms. The zero-order valence-corrected chi connectivity index (χ0v) is 10.6. The number of rotatable bonds is 5. The minimum absolute atomic E-state index is 0.182. The van der Waals surface area contributed by atoms with Gasteiger partial charge in [-0.05, 0) is 38.8 Å². The second-order valence-electron chi connectivity index (χ2n) is 4.91. The molecule has 1 N–H and O–H groups in total. The Morgan fingerprint density at radius 2 is 2.35 bits per heavy atom. The normalized spacial score (nSPS) is 23.1. The van der Waals surface area contributed by atoms with Crippen LogP contribution in [-0.4, -0.2) is 45.9 Å². The van der Waals surface area contributed by atoms with Crippen molar-refractivity contribution in [1.29, 1.82) is 0 Å². The maximum Gasteiger partial charge on any atom is 0.216 e. The van der Waals surface area contributed by atoms with Crippen LogP contribution in [0.25, 0.3) is 0 Å². The molecule has 5 nitrogen and oxygen atoms in total. The predicted octanol–water partition coefficient (Wildman–Crippen LogP) is 1.01. The monoisotopic (exact) mass is 239 g/mol. The van der Waals surface area contributed by atoms with Gasteiger partial charge < -0.3 is 14.4 Å². The minimum atomic E-state index is -0.182. The Bertz CT molecular complexity index is 351. The second-order valence-corrected chi connectivity index (χ2v) is 4.91. The van der Waals surface area contributed by atoms with Crippen LogP contribution in [0.1, 0.15) is 31.5 Å². The van der Waals surface area contributed by atoms with Crippen molar-refractivity contribution < 1.29 is 9.52 Å². The molecule has 1 saturated heterocycles. The maximum atomic E-state index is 9.52. The van der Waals surface area contributed by atoms with Gasteiger partial charge in [-0.3, -0.25) is 0 Å². The number of hydrogen-bond donors (Lipinski definition) is 1. The second kappa shape index (κ2) is 5.60. The van der Waals surface area contributed by atoms with Crippen LogP contribution in [0.4, 0.5) is 0 Å². The molecule has 1 aromatic rings. The first-order chi connectivity index (χ1) is 8.15. The molecule has 0 saturated carbocycles. The van der Waals surface area contributed by atoms with E-state index in [9.17, 15) is 5.11 Å².